The number of amides is 1. The Bertz CT molecular complexity index is 450. The number of unbranched alkanes of at least 4 members (excludes halogenated alkanes) is 4. The fraction of sp³-hybridized carbons (Fsp3) is 0.529. The van der Waals surface area contributed by atoms with Crippen molar-refractivity contribution in [1.29, 1.82) is 0 Å². The third-order valence-corrected chi connectivity index (χ3v) is 3.80. The largest absolute Gasteiger partial charge is 0.375 e. The number of nitrogens with one attached hydrogen (secondary N) is 2. The van der Waals surface area contributed by atoms with Gasteiger partial charge in [-0.1, -0.05) is 62.9 Å². The van der Waals surface area contributed by atoms with Crippen LogP contribution in [0.1, 0.15) is 51.0 Å². The van der Waals surface area contributed by atoms with Crippen molar-refractivity contribution >= 4 is 23.2 Å². The van der Waals surface area contributed by atoms with E-state index in [4.69, 9.17) is 5.73 Å². The Morgan fingerprint density at radius 2 is 1.73 bits per heavy atom. The SMILES string of the molecule is CC(CCCCCCCc1ccccc1)C(=O)NNC(N)=S. The van der Waals surface area contributed by atoms with Gasteiger partial charge in [-0.05, 0) is 37.0 Å². The summed E-state index contributed by atoms with van der Waals surface area (Å²) in [6.45, 7) is 1.92. The highest BCUT2D eigenvalue weighted by Gasteiger charge is 2.11. The lowest BCUT2D eigenvalue weighted by Gasteiger charge is -2.12. The number of hydrazine groups is 1. The molecule has 1 amide bonds. The smallest absolute Gasteiger partial charge is 0.241 e. The molecule has 0 saturated heterocycles. The van der Waals surface area contributed by atoms with Gasteiger partial charge in [0.1, 0.15) is 0 Å². The second kappa shape index (κ2) is 11.0. The monoisotopic (exact) mass is 321 g/mol. The molecule has 0 heterocycles. The van der Waals surface area contributed by atoms with Crippen LogP contribution >= 0.6 is 12.2 Å². The molecule has 0 bridgehead atoms. The maximum atomic E-state index is 11.7. The number of thiocarbonyl (C=S) groups is 1. The molecule has 0 aliphatic rings. The number of hydrogen-bond donors (Lipinski definition) is 3. The number of rotatable bonds is 9. The molecule has 5 heteroatoms. The van der Waals surface area contributed by atoms with E-state index in [9.17, 15) is 4.79 Å². The molecule has 4 N–H and O–H groups in total. The summed E-state index contributed by atoms with van der Waals surface area (Å²) in [6.07, 6.45) is 8.01. The Hall–Kier alpha value is -1.62. The Labute approximate surface area is 138 Å². The molecule has 4 nitrogen and oxygen atoms in total. The standard InChI is InChI=1S/C17H27N3OS/c1-14(16(21)19-20-17(18)22)10-6-3-2-4-7-11-15-12-8-5-9-13-15/h5,8-9,12-14H,2-4,6-7,10-11H2,1H3,(H,19,21)(H3,18,20,22). The van der Waals surface area contributed by atoms with E-state index < -0.39 is 0 Å². The van der Waals surface area contributed by atoms with Gasteiger partial charge in [0.2, 0.25) is 5.91 Å². The molecule has 0 aliphatic heterocycles. The van der Waals surface area contributed by atoms with Gasteiger partial charge in [-0.3, -0.25) is 15.6 Å². The topological polar surface area (TPSA) is 67.2 Å². The van der Waals surface area contributed by atoms with Gasteiger partial charge in [0.05, 0.1) is 0 Å². The van der Waals surface area contributed by atoms with Crippen molar-refractivity contribution in [1.82, 2.24) is 10.9 Å². The lowest BCUT2D eigenvalue weighted by molar-refractivity contribution is -0.125. The first-order valence-electron chi connectivity index (χ1n) is 7.99. The summed E-state index contributed by atoms with van der Waals surface area (Å²) < 4.78 is 0. The zero-order valence-corrected chi connectivity index (χ0v) is 14.1. The van der Waals surface area contributed by atoms with E-state index in [0.29, 0.717) is 0 Å². The van der Waals surface area contributed by atoms with E-state index in [2.05, 4.69) is 53.4 Å². The Morgan fingerprint density at radius 3 is 2.41 bits per heavy atom. The Balaban J connectivity index is 1.98. The first-order valence-corrected chi connectivity index (χ1v) is 8.39. The van der Waals surface area contributed by atoms with E-state index in [0.717, 1.165) is 19.3 Å². The highest BCUT2D eigenvalue weighted by atomic mass is 32.1. The quantitative estimate of drug-likeness (QED) is 0.371. The van der Waals surface area contributed by atoms with Crippen LogP contribution in [0.3, 0.4) is 0 Å². The maximum absolute atomic E-state index is 11.7. The summed E-state index contributed by atoms with van der Waals surface area (Å²) >= 11 is 4.63. The van der Waals surface area contributed by atoms with Gasteiger partial charge in [0, 0.05) is 5.92 Å². The minimum absolute atomic E-state index is 0.0221. The van der Waals surface area contributed by atoms with Gasteiger partial charge < -0.3 is 5.73 Å². The fourth-order valence-corrected chi connectivity index (χ4v) is 2.38. The summed E-state index contributed by atoms with van der Waals surface area (Å²) in [6, 6.07) is 10.6. The van der Waals surface area contributed by atoms with Crippen molar-refractivity contribution in [3.05, 3.63) is 35.9 Å². The van der Waals surface area contributed by atoms with Crippen LogP contribution in [0.15, 0.2) is 30.3 Å². The molecule has 0 saturated carbocycles. The first kappa shape index (κ1) is 18.4. The van der Waals surface area contributed by atoms with Crippen LogP contribution in [-0.2, 0) is 11.2 Å². The minimum atomic E-state index is -0.0584. The normalized spacial score (nSPS) is 11.7. The van der Waals surface area contributed by atoms with Crippen LogP contribution in [0, 0.1) is 5.92 Å². The van der Waals surface area contributed by atoms with Gasteiger partial charge >= 0.3 is 0 Å². The summed E-state index contributed by atoms with van der Waals surface area (Å²) in [5.74, 6) is -0.0805. The molecule has 1 atom stereocenters. The Morgan fingerprint density at radius 1 is 1.09 bits per heavy atom. The van der Waals surface area contributed by atoms with E-state index in [1.54, 1.807) is 0 Å². The summed E-state index contributed by atoms with van der Waals surface area (Å²) in [7, 11) is 0. The van der Waals surface area contributed by atoms with Crippen LogP contribution in [0.5, 0.6) is 0 Å². The second-order valence-electron chi connectivity index (χ2n) is 5.67. The third-order valence-electron chi connectivity index (χ3n) is 3.70. The number of aryl methyl sites for hydroxylation is 1. The average Bonchev–Trinajstić information content (AvgIpc) is 2.52. The number of nitrogens with two attached hydrogens (primary N) is 1. The van der Waals surface area contributed by atoms with E-state index in [-0.39, 0.29) is 16.9 Å². The van der Waals surface area contributed by atoms with Crippen molar-refractivity contribution < 1.29 is 4.79 Å². The van der Waals surface area contributed by atoms with Crippen LogP contribution in [0.25, 0.3) is 0 Å². The summed E-state index contributed by atoms with van der Waals surface area (Å²) in [4.78, 5) is 11.7. The van der Waals surface area contributed by atoms with Gasteiger partial charge in [-0.25, -0.2) is 0 Å². The molecule has 0 radical (unpaired) electrons. The van der Waals surface area contributed by atoms with Gasteiger partial charge in [-0.15, -0.1) is 0 Å². The van der Waals surface area contributed by atoms with Crippen LogP contribution in [0.4, 0.5) is 0 Å². The number of carbonyl (C=O) groups excluding carboxylic acids is 1. The van der Waals surface area contributed by atoms with Crippen molar-refractivity contribution in [3.8, 4) is 0 Å². The summed E-state index contributed by atoms with van der Waals surface area (Å²) in [5.41, 5.74) is 11.6. The molecular weight excluding hydrogens is 294 g/mol. The highest BCUT2D eigenvalue weighted by molar-refractivity contribution is 7.80. The molecule has 122 valence electrons. The number of hydrogen-bond acceptors (Lipinski definition) is 2. The van der Waals surface area contributed by atoms with Gasteiger partial charge in [-0.2, -0.15) is 0 Å². The van der Waals surface area contributed by atoms with Gasteiger partial charge in [0.25, 0.3) is 0 Å². The maximum Gasteiger partial charge on any atom is 0.241 e. The lowest BCUT2D eigenvalue weighted by Crippen LogP contribution is -2.46. The van der Waals surface area contributed by atoms with Gasteiger partial charge in [0.15, 0.2) is 5.11 Å². The predicted molar refractivity (Wildman–Crippen MR) is 95.1 cm³/mol. The molecule has 0 aliphatic carbocycles. The minimum Gasteiger partial charge on any atom is -0.375 e. The number of benzene rings is 1. The number of carbonyl (C=O) groups is 1. The molecule has 0 spiro atoms. The Kier molecular flexibility index (Phi) is 9.23. The summed E-state index contributed by atoms with van der Waals surface area (Å²) in [5, 5.41) is 0.0824. The molecule has 1 unspecified atom stereocenters. The molecule has 0 aromatic heterocycles. The first-order chi connectivity index (χ1) is 10.6. The van der Waals surface area contributed by atoms with Crippen LogP contribution in [-0.4, -0.2) is 11.0 Å². The average molecular weight is 321 g/mol. The lowest BCUT2D eigenvalue weighted by atomic mass is 10.0. The zero-order valence-electron chi connectivity index (χ0n) is 13.3. The highest BCUT2D eigenvalue weighted by Crippen LogP contribution is 2.13. The van der Waals surface area contributed by atoms with E-state index in [1.807, 2.05) is 6.92 Å². The van der Waals surface area contributed by atoms with Crippen molar-refractivity contribution in [2.45, 2.75) is 51.9 Å². The van der Waals surface area contributed by atoms with E-state index >= 15 is 0 Å². The van der Waals surface area contributed by atoms with Crippen LogP contribution in [0.2, 0.25) is 0 Å². The molecule has 1 aromatic rings. The van der Waals surface area contributed by atoms with Crippen molar-refractivity contribution in [3.63, 3.8) is 0 Å². The molecule has 1 aromatic carbocycles. The van der Waals surface area contributed by atoms with Crippen molar-refractivity contribution in [2.75, 3.05) is 0 Å². The molecule has 0 fully saturated rings. The third kappa shape index (κ3) is 8.62. The zero-order chi connectivity index (χ0) is 16.2. The van der Waals surface area contributed by atoms with E-state index in [1.165, 1.54) is 31.2 Å². The fourth-order valence-electron chi connectivity index (χ4n) is 2.33. The molecule has 22 heavy (non-hydrogen) atoms. The molecule has 1 rings (SSSR count). The molecular formula is C17H27N3OS. The van der Waals surface area contributed by atoms with Crippen molar-refractivity contribution in [2.24, 2.45) is 11.7 Å². The second-order valence-corrected chi connectivity index (χ2v) is 6.11. The predicted octanol–water partition coefficient (Wildman–Crippen LogP) is 3.07. The van der Waals surface area contributed by atoms with Crippen LogP contribution < -0.4 is 16.6 Å².